The number of hydrogen-bond donors (Lipinski definition) is 0. The number of ether oxygens (including phenoxy) is 1. The summed E-state index contributed by atoms with van der Waals surface area (Å²) in [6, 6.07) is 14.2. The second-order valence-corrected chi connectivity index (χ2v) is 7.03. The Morgan fingerprint density at radius 2 is 1.62 bits per heavy atom. The molecule has 0 saturated heterocycles. The molecule has 2 aromatic heterocycles. The van der Waals surface area contributed by atoms with E-state index < -0.39 is 0 Å². The summed E-state index contributed by atoms with van der Waals surface area (Å²) in [5, 5.41) is 0. The molecular formula is C21H31Cl3N4O. The molecule has 29 heavy (non-hydrogen) atoms. The van der Waals surface area contributed by atoms with E-state index in [1.165, 1.54) is 5.69 Å². The first-order valence-electron chi connectivity index (χ1n) is 9.01. The normalized spacial score (nSPS) is 10.4. The molecule has 0 amide bonds. The number of halogens is 3. The van der Waals surface area contributed by atoms with Gasteiger partial charge in [0.05, 0.1) is 11.4 Å². The van der Waals surface area contributed by atoms with E-state index in [9.17, 15) is 0 Å². The van der Waals surface area contributed by atoms with Gasteiger partial charge in [-0.15, -0.1) is 37.2 Å². The van der Waals surface area contributed by atoms with Crippen molar-refractivity contribution in [3.63, 3.8) is 0 Å². The van der Waals surface area contributed by atoms with Crippen molar-refractivity contribution in [2.75, 3.05) is 34.2 Å². The lowest BCUT2D eigenvalue weighted by Crippen LogP contribution is -2.28. The van der Waals surface area contributed by atoms with Gasteiger partial charge in [-0.05, 0) is 45.8 Å². The number of aromatic nitrogens is 2. The average Bonchev–Trinajstić information content (AvgIpc) is 2.95. The van der Waals surface area contributed by atoms with E-state index in [4.69, 9.17) is 9.72 Å². The summed E-state index contributed by atoms with van der Waals surface area (Å²) < 4.78 is 8.21. The van der Waals surface area contributed by atoms with Crippen LogP contribution in [-0.4, -0.2) is 53.4 Å². The van der Waals surface area contributed by atoms with Crippen LogP contribution < -0.4 is 4.74 Å². The number of benzene rings is 1. The maximum Gasteiger partial charge on any atom is 0.180 e. The van der Waals surface area contributed by atoms with Crippen molar-refractivity contribution < 1.29 is 4.74 Å². The first-order valence-corrected chi connectivity index (χ1v) is 9.01. The Hall–Kier alpha value is -1.50. The van der Waals surface area contributed by atoms with Crippen LogP contribution in [-0.2, 0) is 13.2 Å². The Labute approximate surface area is 192 Å². The number of rotatable bonds is 8. The van der Waals surface area contributed by atoms with Gasteiger partial charge in [0, 0.05) is 25.8 Å². The maximum absolute atomic E-state index is 6.05. The maximum atomic E-state index is 6.05. The van der Waals surface area contributed by atoms with E-state index in [0.717, 1.165) is 42.3 Å². The fraction of sp³-hybridized carbons (Fsp3) is 0.381. The van der Waals surface area contributed by atoms with Gasteiger partial charge in [-0.3, -0.25) is 9.30 Å². The first kappa shape index (κ1) is 27.5. The molecule has 0 fully saturated rings. The van der Waals surface area contributed by atoms with Gasteiger partial charge >= 0.3 is 0 Å². The molecule has 0 unspecified atom stereocenters. The van der Waals surface area contributed by atoms with E-state index in [1.54, 1.807) is 0 Å². The smallest absolute Gasteiger partial charge is 0.180 e. The monoisotopic (exact) mass is 460 g/mol. The number of hydrogen-bond acceptors (Lipinski definition) is 4. The summed E-state index contributed by atoms with van der Waals surface area (Å²) >= 11 is 0. The van der Waals surface area contributed by atoms with Crippen molar-refractivity contribution in [3.05, 3.63) is 65.6 Å². The Balaban J connectivity index is 0.00000261. The molecular weight excluding hydrogens is 431 g/mol. The Kier molecular flexibility index (Phi) is 12.3. The summed E-state index contributed by atoms with van der Waals surface area (Å²) in [6.45, 7) is 5.54. The SMILES string of the molecule is Cc1nc2c(OCc3ccccc3)cccn2c1CN(C)CCN(C)C.Cl.Cl.Cl. The van der Waals surface area contributed by atoms with Crippen LogP contribution >= 0.6 is 37.2 Å². The third-order valence-corrected chi connectivity index (χ3v) is 4.50. The second-order valence-electron chi connectivity index (χ2n) is 7.03. The molecule has 5 nitrogen and oxygen atoms in total. The highest BCUT2D eigenvalue weighted by Gasteiger charge is 2.14. The van der Waals surface area contributed by atoms with Crippen LogP contribution in [0.5, 0.6) is 5.75 Å². The fourth-order valence-corrected chi connectivity index (χ4v) is 2.95. The van der Waals surface area contributed by atoms with Crippen molar-refractivity contribution >= 4 is 42.9 Å². The number of imidazole rings is 1. The molecule has 162 valence electrons. The van der Waals surface area contributed by atoms with Gasteiger partial charge < -0.3 is 9.64 Å². The molecule has 1 aromatic carbocycles. The van der Waals surface area contributed by atoms with E-state index >= 15 is 0 Å². The van der Waals surface area contributed by atoms with Gasteiger partial charge in [-0.1, -0.05) is 30.3 Å². The minimum atomic E-state index is 0. The molecule has 0 saturated carbocycles. The molecule has 3 rings (SSSR count). The third-order valence-electron chi connectivity index (χ3n) is 4.50. The van der Waals surface area contributed by atoms with Gasteiger partial charge in [0.2, 0.25) is 0 Å². The van der Waals surface area contributed by atoms with Crippen molar-refractivity contribution in [3.8, 4) is 5.75 Å². The first-order chi connectivity index (χ1) is 12.5. The van der Waals surface area contributed by atoms with Gasteiger partial charge in [-0.25, -0.2) is 4.98 Å². The molecule has 0 bridgehead atoms. The van der Waals surface area contributed by atoms with Crippen LogP contribution in [0.3, 0.4) is 0 Å². The van der Waals surface area contributed by atoms with Crippen molar-refractivity contribution in [1.82, 2.24) is 19.2 Å². The van der Waals surface area contributed by atoms with Crippen molar-refractivity contribution in [2.24, 2.45) is 0 Å². The number of aryl methyl sites for hydroxylation is 1. The highest BCUT2D eigenvalue weighted by Crippen LogP contribution is 2.23. The summed E-state index contributed by atoms with van der Waals surface area (Å²) in [5.41, 5.74) is 4.31. The molecule has 0 spiro atoms. The van der Waals surface area contributed by atoms with Crippen LogP contribution in [0, 0.1) is 6.92 Å². The number of nitrogens with zero attached hydrogens (tertiary/aromatic N) is 4. The molecule has 0 aliphatic rings. The van der Waals surface area contributed by atoms with Gasteiger partial charge in [0.1, 0.15) is 6.61 Å². The van der Waals surface area contributed by atoms with E-state index in [1.807, 2.05) is 30.3 Å². The molecule has 0 radical (unpaired) electrons. The van der Waals surface area contributed by atoms with E-state index in [0.29, 0.717) is 6.61 Å². The lowest BCUT2D eigenvalue weighted by atomic mass is 10.2. The van der Waals surface area contributed by atoms with Crippen molar-refractivity contribution in [2.45, 2.75) is 20.1 Å². The number of pyridine rings is 1. The summed E-state index contributed by atoms with van der Waals surface area (Å²) in [7, 11) is 6.35. The van der Waals surface area contributed by atoms with Gasteiger partial charge in [-0.2, -0.15) is 0 Å². The van der Waals surface area contributed by atoms with Gasteiger partial charge in [0.25, 0.3) is 0 Å². The minimum absolute atomic E-state index is 0. The standard InChI is InChI=1S/C21H28N4O.3ClH/c1-17-19(15-24(4)14-13-23(2)3)25-12-8-11-20(21(25)22-17)26-16-18-9-6-5-7-10-18;;;/h5-12H,13-16H2,1-4H3;3*1H. The molecule has 2 heterocycles. The number of likely N-dealkylation sites (N-methyl/N-ethyl adjacent to an activating group) is 2. The lowest BCUT2D eigenvalue weighted by molar-refractivity contribution is 0.273. The Bertz CT molecular complexity index is 856. The third kappa shape index (κ3) is 7.36. The highest BCUT2D eigenvalue weighted by molar-refractivity contribution is 5.86. The zero-order valence-corrected chi connectivity index (χ0v) is 19.8. The zero-order valence-electron chi connectivity index (χ0n) is 17.4. The van der Waals surface area contributed by atoms with Crippen LogP contribution in [0.15, 0.2) is 48.7 Å². The van der Waals surface area contributed by atoms with Crippen LogP contribution in [0.2, 0.25) is 0 Å². The number of fused-ring (bicyclic) bond motifs is 1. The van der Waals surface area contributed by atoms with Gasteiger partial charge in [0.15, 0.2) is 11.4 Å². The second kappa shape index (κ2) is 12.9. The lowest BCUT2D eigenvalue weighted by Gasteiger charge is -2.19. The summed E-state index contributed by atoms with van der Waals surface area (Å²) in [6.07, 6.45) is 2.07. The average molecular weight is 462 g/mol. The van der Waals surface area contributed by atoms with E-state index in [-0.39, 0.29) is 37.2 Å². The Morgan fingerprint density at radius 3 is 2.28 bits per heavy atom. The Morgan fingerprint density at radius 1 is 0.931 bits per heavy atom. The molecule has 0 N–H and O–H groups in total. The summed E-state index contributed by atoms with van der Waals surface area (Å²) in [5.74, 6) is 0.821. The predicted molar refractivity (Wildman–Crippen MR) is 127 cm³/mol. The molecule has 8 heteroatoms. The molecule has 0 aliphatic heterocycles. The van der Waals surface area contributed by atoms with Crippen LogP contribution in [0.4, 0.5) is 0 Å². The van der Waals surface area contributed by atoms with Crippen LogP contribution in [0.25, 0.3) is 5.65 Å². The zero-order chi connectivity index (χ0) is 18.5. The molecule has 3 aromatic rings. The summed E-state index contributed by atoms with van der Waals surface area (Å²) in [4.78, 5) is 9.30. The topological polar surface area (TPSA) is 33.0 Å². The molecule has 0 aliphatic carbocycles. The highest BCUT2D eigenvalue weighted by atomic mass is 35.5. The van der Waals surface area contributed by atoms with E-state index in [2.05, 4.69) is 60.6 Å². The quantitative estimate of drug-likeness (QED) is 0.495. The van der Waals surface area contributed by atoms with Crippen molar-refractivity contribution in [1.29, 1.82) is 0 Å². The van der Waals surface area contributed by atoms with Crippen LogP contribution in [0.1, 0.15) is 17.0 Å². The molecule has 0 atom stereocenters. The fourth-order valence-electron chi connectivity index (χ4n) is 2.95. The largest absolute Gasteiger partial charge is 0.485 e. The predicted octanol–water partition coefficient (Wildman–Crippen LogP) is 4.48. The minimum Gasteiger partial charge on any atom is -0.485 e.